The first-order valence-corrected chi connectivity index (χ1v) is 4.43. The molecule has 68 valence electrons. The number of hydrogen-bond acceptors (Lipinski definition) is 2. The number of ketones is 1. The van der Waals surface area contributed by atoms with Gasteiger partial charge in [-0.3, -0.25) is 4.79 Å². The van der Waals surface area contributed by atoms with Gasteiger partial charge in [-0.1, -0.05) is 6.08 Å². The molecule has 1 rings (SSSR count). The lowest BCUT2D eigenvalue weighted by Crippen LogP contribution is -2.42. The average molecular weight is 168 g/mol. The third-order valence-corrected chi connectivity index (χ3v) is 2.82. The Bertz CT molecular complexity index is 198. The second kappa shape index (κ2) is 3.40. The number of carbonyl (C=O) groups is 1. The molecule has 0 aromatic rings. The fourth-order valence-corrected chi connectivity index (χ4v) is 1.80. The lowest BCUT2D eigenvalue weighted by Gasteiger charge is -2.36. The number of carbonyl (C=O) groups excluding carboxylic acids is 1. The Morgan fingerprint density at radius 1 is 1.83 bits per heavy atom. The standard InChI is InChI=1S/C10H16O2/c1-3-7-10(2)8(11)5-4-6-9(10)12/h3,8,11H,1,4-7H2,2H3/t8-,10-/m0/s1. The van der Waals surface area contributed by atoms with Crippen LogP contribution in [0.5, 0.6) is 0 Å². The molecule has 1 fully saturated rings. The summed E-state index contributed by atoms with van der Waals surface area (Å²) in [7, 11) is 0. The third kappa shape index (κ3) is 1.44. The summed E-state index contributed by atoms with van der Waals surface area (Å²) >= 11 is 0. The quantitative estimate of drug-likeness (QED) is 0.637. The van der Waals surface area contributed by atoms with Gasteiger partial charge in [0.25, 0.3) is 0 Å². The van der Waals surface area contributed by atoms with Crippen LogP contribution in [0.2, 0.25) is 0 Å². The van der Waals surface area contributed by atoms with Gasteiger partial charge in [0.2, 0.25) is 0 Å². The van der Waals surface area contributed by atoms with Gasteiger partial charge in [0.1, 0.15) is 5.78 Å². The van der Waals surface area contributed by atoms with Crippen LogP contribution >= 0.6 is 0 Å². The van der Waals surface area contributed by atoms with E-state index < -0.39 is 11.5 Å². The SMILES string of the molecule is C=CC[C@]1(C)C(=O)CCC[C@@H]1O. The molecular formula is C10H16O2. The second-order valence-corrected chi connectivity index (χ2v) is 3.74. The molecule has 1 N–H and O–H groups in total. The van der Waals surface area contributed by atoms with Crippen molar-refractivity contribution in [3.05, 3.63) is 12.7 Å². The van der Waals surface area contributed by atoms with Gasteiger partial charge in [0.05, 0.1) is 11.5 Å². The molecule has 0 saturated heterocycles. The predicted molar refractivity (Wildman–Crippen MR) is 47.8 cm³/mol. The number of rotatable bonds is 2. The largest absolute Gasteiger partial charge is 0.392 e. The van der Waals surface area contributed by atoms with Crippen LogP contribution in [0.1, 0.15) is 32.6 Å². The van der Waals surface area contributed by atoms with Gasteiger partial charge in [-0.25, -0.2) is 0 Å². The zero-order valence-corrected chi connectivity index (χ0v) is 7.55. The predicted octanol–water partition coefficient (Wildman–Crippen LogP) is 1.68. The molecule has 0 heterocycles. The van der Waals surface area contributed by atoms with E-state index in [1.807, 2.05) is 6.92 Å². The van der Waals surface area contributed by atoms with Gasteiger partial charge < -0.3 is 5.11 Å². The Labute approximate surface area is 73.3 Å². The van der Waals surface area contributed by atoms with Gasteiger partial charge in [0.15, 0.2) is 0 Å². The molecule has 1 aliphatic carbocycles. The fraction of sp³-hybridized carbons (Fsp3) is 0.700. The number of aliphatic hydroxyl groups is 1. The number of Topliss-reactive ketones (excluding diaryl/α,β-unsaturated/α-hetero) is 1. The van der Waals surface area contributed by atoms with Crippen molar-refractivity contribution in [2.24, 2.45) is 5.41 Å². The summed E-state index contributed by atoms with van der Waals surface area (Å²) in [6.07, 6.45) is 4.01. The van der Waals surface area contributed by atoms with E-state index in [9.17, 15) is 9.90 Å². The van der Waals surface area contributed by atoms with Gasteiger partial charge >= 0.3 is 0 Å². The third-order valence-electron chi connectivity index (χ3n) is 2.82. The van der Waals surface area contributed by atoms with Gasteiger partial charge in [-0.05, 0) is 26.2 Å². The first-order chi connectivity index (χ1) is 5.61. The molecule has 0 aromatic heterocycles. The molecule has 0 spiro atoms. The molecule has 2 nitrogen and oxygen atoms in total. The van der Waals surface area contributed by atoms with Crippen molar-refractivity contribution in [1.82, 2.24) is 0 Å². The molecule has 0 unspecified atom stereocenters. The summed E-state index contributed by atoms with van der Waals surface area (Å²) in [6, 6.07) is 0. The fourth-order valence-electron chi connectivity index (χ4n) is 1.80. The molecule has 0 bridgehead atoms. The zero-order valence-electron chi connectivity index (χ0n) is 7.55. The molecule has 0 aliphatic heterocycles. The van der Waals surface area contributed by atoms with Crippen molar-refractivity contribution in [1.29, 1.82) is 0 Å². The van der Waals surface area contributed by atoms with Crippen molar-refractivity contribution in [3.63, 3.8) is 0 Å². The summed E-state index contributed by atoms with van der Waals surface area (Å²) in [5.74, 6) is 0.182. The van der Waals surface area contributed by atoms with Gasteiger partial charge in [-0.15, -0.1) is 6.58 Å². The summed E-state index contributed by atoms with van der Waals surface area (Å²) < 4.78 is 0. The normalized spacial score (nSPS) is 36.5. The molecule has 12 heavy (non-hydrogen) atoms. The Morgan fingerprint density at radius 3 is 3.00 bits per heavy atom. The van der Waals surface area contributed by atoms with Crippen LogP contribution in [0.25, 0.3) is 0 Å². The minimum atomic E-state index is -0.556. The van der Waals surface area contributed by atoms with Gasteiger partial charge in [0, 0.05) is 6.42 Å². The van der Waals surface area contributed by atoms with Crippen molar-refractivity contribution < 1.29 is 9.90 Å². The summed E-state index contributed by atoms with van der Waals surface area (Å²) in [4.78, 5) is 11.5. The lowest BCUT2D eigenvalue weighted by molar-refractivity contribution is -0.138. The highest BCUT2D eigenvalue weighted by Gasteiger charge is 2.41. The van der Waals surface area contributed by atoms with E-state index in [1.54, 1.807) is 6.08 Å². The monoisotopic (exact) mass is 168 g/mol. The van der Waals surface area contributed by atoms with Crippen LogP contribution in [0.4, 0.5) is 0 Å². The molecule has 2 heteroatoms. The molecular weight excluding hydrogens is 152 g/mol. The molecule has 1 aliphatic rings. The van der Waals surface area contributed by atoms with Crippen molar-refractivity contribution in [3.8, 4) is 0 Å². The van der Waals surface area contributed by atoms with E-state index in [2.05, 4.69) is 6.58 Å². The highest BCUT2D eigenvalue weighted by atomic mass is 16.3. The summed E-state index contributed by atoms with van der Waals surface area (Å²) in [6.45, 7) is 5.44. The number of aliphatic hydroxyl groups excluding tert-OH is 1. The highest BCUT2D eigenvalue weighted by molar-refractivity contribution is 5.86. The topological polar surface area (TPSA) is 37.3 Å². The van der Waals surface area contributed by atoms with E-state index in [-0.39, 0.29) is 5.78 Å². The van der Waals surface area contributed by atoms with Crippen LogP contribution in [0.15, 0.2) is 12.7 Å². The van der Waals surface area contributed by atoms with Crippen LogP contribution < -0.4 is 0 Å². The first-order valence-electron chi connectivity index (χ1n) is 4.43. The van der Waals surface area contributed by atoms with E-state index in [4.69, 9.17) is 0 Å². The van der Waals surface area contributed by atoms with Gasteiger partial charge in [-0.2, -0.15) is 0 Å². The van der Waals surface area contributed by atoms with E-state index in [1.165, 1.54) is 0 Å². The summed E-state index contributed by atoms with van der Waals surface area (Å²) in [5.41, 5.74) is -0.556. The smallest absolute Gasteiger partial charge is 0.141 e. The molecule has 1 saturated carbocycles. The van der Waals surface area contributed by atoms with Crippen molar-refractivity contribution in [2.45, 2.75) is 38.7 Å². The van der Waals surface area contributed by atoms with E-state index in [0.29, 0.717) is 12.8 Å². The number of hydrogen-bond donors (Lipinski definition) is 1. The maximum absolute atomic E-state index is 11.5. The summed E-state index contributed by atoms with van der Waals surface area (Å²) in [5, 5.41) is 9.66. The van der Waals surface area contributed by atoms with Crippen molar-refractivity contribution >= 4 is 5.78 Å². The average Bonchev–Trinajstić information content (AvgIpc) is 2.02. The Hall–Kier alpha value is -0.630. The number of allylic oxidation sites excluding steroid dienone is 1. The Kier molecular flexibility index (Phi) is 2.68. The maximum Gasteiger partial charge on any atom is 0.141 e. The Balaban J connectivity index is 2.79. The van der Waals surface area contributed by atoms with E-state index in [0.717, 1.165) is 12.8 Å². The lowest BCUT2D eigenvalue weighted by atomic mass is 9.70. The van der Waals surface area contributed by atoms with E-state index >= 15 is 0 Å². The van der Waals surface area contributed by atoms with Crippen molar-refractivity contribution in [2.75, 3.05) is 0 Å². The molecule has 0 aromatic carbocycles. The minimum Gasteiger partial charge on any atom is -0.392 e. The van der Waals surface area contributed by atoms with Crippen LogP contribution in [0, 0.1) is 5.41 Å². The first kappa shape index (κ1) is 9.46. The van der Waals surface area contributed by atoms with Crippen LogP contribution in [0.3, 0.4) is 0 Å². The maximum atomic E-state index is 11.5. The minimum absolute atomic E-state index is 0.182. The Morgan fingerprint density at radius 2 is 2.50 bits per heavy atom. The van der Waals surface area contributed by atoms with Crippen LogP contribution in [-0.4, -0.2) is 17.0 Å². The highest BCUT2D eigenvalue weighted by Crippen LogP contribution is 2.36. The molecule has 0 radical (unpaired) electrons. The zero-order chi connectivity index (χ0) is 9.19. The molecule has 2 atom stereocenters. The second-order valence-electron chi connectivity index (χ2n) is 3.74. The molecule has 0 amide bonds. The van der Waals surface area contributed by atoms with Crippen LogP contribution in [-0.2, 0) is 4.79 Å².